The molecular weight excluding hydrogens is 692 g/mol. The lowest BCUT2D eigenvalue weighted by atomic mass is 9.89. The minimum atomic E-state index is -0.240. The van der Waals surface area contributed by atoms with E-state index in [1.165, 1.54) is 19.2 Å². The summed E-state index contributed by atoms with van der Waals surface area (Å²) in [5, 5.41) is 22.1. The van der Waals surface area contributed by atoms with E-state index in [-0.39, 0.29) is 12.1 Å². The first-order valence-corrected chi connectivity index (χ1v) is 18.9. The van der Waals surface area contributed by atoms with Crippen LogP contribution >= 0.6 is 0 Å². The molecule has 54 heavy (non-hydrogen) atoms. The molecule has 0 spiro atoms. The molecule has 3 aliphatic rings. The lowest BCUT2D eigenvalue weighted by Crippen LogP contribution is -2.52. The Balaban J connectivity index is 0.999. The van der Waals surface area contributed by atoms with E-state index in [0.717, 1.165) is 50.0 Å². The minimum Gasteiger partial charge on any atom is -0.487 e. The minimum absolute atomic E-state index is 0.240. The molecule has 16 nitrogen and oxygen atoms in total. The van der Waals surface area contributed by atoms with E-state index < -0.39 is 0 Å². The predicted octanol–water partition coefficient (Wildman–Crippen LogP) is 4.42. The van der Waals surface area contributed by atoms with E-state index in [0.29, 0.717) is 93.1 Å². The molecule has 2 aliphatic heterocycles. The van der Waals surface area contributed by atoms with Crippen LogP contribution in [0, 0.1) is 11.3 Å². The number of methoxy groups -OCH3 is 1. The molecule has 0 amide bonds. The van der Waals surface area contributed by atoms with Crippen LogP contribution in [-0.4, -0.2) is 124 Å². The number of benzene rings is 1. The SMILES string of the molecule is COCCOCCOCCOc1nn(C2CCC(N3[C@@H]4CC[C@H]3COC4)CC2)cc1Nc1ncc(-c2ccc(C#N)c(OC(C)Cn3cncn3)c2)cn1. The Morgan fingerprint density at radius 3 is 2.31 bits per heavy atom. The van der Waals surface area contributed by atoms with Crippen molar-refractivity contribution in [1.82, 2.24) is 39.4 Å². The van der Waals surface area contributed by atoms with Gasteiger partial charge in [0.1, 0.15) is 42.9 Å². The highest BCUT2D eigenvalue weighted by molar-refractivity contribution is 5.67. The second kappa shape index (κ2) is 18.6. The number of hydrogen-bond donors (Lipinski definition) is 1. The number of fused-ring (bicyclic) bond motifs is 2. The summed E-state index contributed by atoms with van der Waals surface area (Å²) in [6.45, 7) is 6.93. The Morgan fingerprint density at radius 2 is 1.61 bits per heavy atom. The molecule has 1 aliphatic carbocycles. The third-order valence-electron chi connectivity index (χ3n) is 10.3. The Hall–Kier alpha value is -4.66. The van der Waals surface area contributed by atoms with Gasteiger partial charge < -0.3 is 33.7 Å². The maximum atomic E-state index is 9.72. The van der Waals surface area contributed by atoms with E-state index >= 15 is 0 Å². The smallest absolute Gasteiger partial charge is 0.257 e. The number of anilines is 2. The van der Waals surface area contributed by atoms with Gasteiger partial charge in [-0.25, -0.2) is 19.6 Å². The van der Waals surface area contributed by atoms with Crippen molar-refractivity contribution >= 4 is 11.6 Å². The van der Waals surface area contributed by atoms with Crippen LogP contribution in [0.2, 0.25) is 0 Å². The second-order valence-corrected chi connectivity index (χ2v) is 14.0. The van der Waals surface area contributed by atoms with Crippen LogP contribution < -0.4 is 14.8 Å². The van der Waals surface area contributed by atoms with Gasteiger partial charge in [-0.05, 0) is 63.1 Å². The summed E-state index contributed by atoms with van der Waals surface area (Å²) < 4.78 is 38.1. The fraction of sp³-hybridized carbons (Fsp3) is 0.579. The van der Waals surface area contributed by atoms with Crippen LogP contribution in [0.15, 0.2) is 49.4 Å². The molecule has 16 heteroatoms. The van der Waals surface area contributed by atoms with Crippen LogP contribution in [0.25, 0.3) is 11.1 Å². The summed E-state index contributed by atoms with van der Waals surface area (Å²) in [6.07, 6.45) is 15.3. The summed E-state index contributed by atoms with van der Waals surface area (Å²) in [5.74, 6) is 1.36. The third-order valence-corrected chi connectivity index (χ3v) is 10.3. The molecule has 2 bridgehead atoms. The number of nitrogens with zero attached hydrogens (tertiary/aromatic N) is 9. The number of nitrogens with one attached hydrogen (secondary N) is 1. The van der Waals surface area contributed by atoms with Crippen molar-refractivity contribution in [2.24, 2.45) is 0 Å². The first kappa shape index (κ1) is 37.6. The van der Waals surface area contributed by atoms with Crippen LogP contribution in [0.4, 0.5) is 11.6 Å². The largest absolute Gasteiger partial charge is 0.487 e. The highest BCUT2D eigenvalue weighted by atomic mass is 16.6. The third kappa shape index (κ3) is 9.52. The Kier molecular flexibility index (Phi) is 13.0. The van der Waals surface area contributed by atoms with E-state index in [1.54, 1.807) is 36.6 Å². The van der Waals surface area contributed by atoms with E-state index in [1.807, 2.05) is 29.9 Å². The van der Waals surface area contributed by atoms with Crippen molar-refractivity contribution in [3.05, 3.63) is 55.0 Å². The molecule has 288 valence electrons. The first-order valence-electron chi connectivity index (χ1n) is 18.9. The summed E-state index contributed by atoms with van der Waals surface area (Å²) in [7, 11) is 1.65. The van der Waals surface area contributed by atoms with Gasteiger partial charge in [-0.15, -0.1) is 5.10 Å². The van der Waals surface area contributed by atoms with Gasteiger partial charge in [-0.1, -0.05) is 6.07 Å². The average Bonchev–Trinajstić information content (AvgIpc) is 3.92. The normalized spacial score (nSPS) is 21.8. The summed E-state index contributed by atoms with van der Waals surface area (Å²) in [6, 6.07) is 9.69. The van der Waals surface area contributed by atoms with Gasteiger partial charge in [0.2, 0.25) is 5.95 Å². The van der Waals surface area contributed by atoms with Gasteiger partial charge in [0, 0.05) is 43.2 Å². The predicted molar refractivity (Wildman–Crippen MR) is 198 cm³/mol. The molecule has 4 aromatic rings. The Labute approximate surface area is 315 Å². The van der Waals surface area contributed by atoms with Gasteiger partial charge in [0.15, 0.2) is 0 Å². The molecular formula is C38H50N10O6. The van der Waals surface area contributed by atoms with Gasteiger partial charge >= 0.3 is 0 Å². The lowest BCUT2D eigenvalue weighted by molar-refractivity contribution is -0.0458. The highest BCUT2D eigenvalue weighted by Crippen LogP contribution is 2.39. The standard InChI is InChI=1S/C38H50N10O6/c1-27(21-46-26-40-25-43-46)54-36-17-28(3-4-29(36)18-39)30-19-41-38(42-20-30)44-35-22-47(45-37(35)53-16-15-51-14-13-50-12-11-49-2)31-5-7-32(8-6-31)48-33-9-10-34(48)24-52-23-33/h3-4,17,19-20,22,25-27,31-34H,5-16,21,23-24H2,1-2H3,(H,41,42,44)/t27?,31?,32?,33-,34+. The summed E-state index contributed by atoms with van der Waals surface area (Å²) in [5.41, 5.74) is 2.73. The second-order valence-electron chi connectivity index (χ2n) is 14.0. The highest BCUT2D eigenvalue weighted by Gasteiger charge is 2.42. The van der Waals surface area contributed by atoms with E-state index in [2.05, 4.69) is 36.3 Å². The van der Waals surface area contributed by atoms with Crippen molar-refractivity contribution < 1.29 is 28.4 Å². The number of aromatic nitrogens is 7. The van der Waals surface area contributed by atoms with E-state index in [9.17, 15) is 5.26 Å². The topological polar surface area (TPSA) is 169 Å². The number of morpholine rings is 1. The fourth-order valence-electron chi connectivity index (χ4n) is 7.69. The van der Waals surface area contributed by atoms with Gasteiger partial charge in [0.25, 0.3) is 5.88 Å². The van der Waals surface area contributed by atoms with Crippen LogP contribution in [0.5, 0.6) is 11.6 Å². The van der Waals surface area contributed by atoms with Gasteiger partial charge in [-0.3, -0.25) is 9.58 Å². The summed E-state index contributed by atoms with van der Waals surface area (Å²) in [4.78, 5) is 16.0. The van der Waals surface area contributed by atoms with Gasteiger partial charge in [0.05, 0.1) is 70.6 Å². The number of ether oxygens (including phenoxy) is 6. The molecule has 7 rings (SSSR count). The molecule has 3 fully saturated rings. The number of rotatable bonds is 19. The molecule has 3 atom stereocenters. The van der Waals surface area contributed by atoms with Crippen molar-refractivity contribution in [3.63, 3.8) is 0 Å². The molecule has 5 heterocycles. The number of nitriles is 1. The first-order chi connectivity index (χ1) is 26.6. The van der Waals surface area contributed by atoms with Crippen molar-refractivity contribution in [2.75, 3.05) is 65.3 Å². The van der Waals surface area contributed by atoms with E-state index in [4.69, 9.17) is 33.5 Å². The average molecular weight is 743 g/mol. The van der Waals surface area contributed by atoms with Crippen molar-refractivity contribution in [2.45, 2.75) is 82.3 Å². The zero-order valence-corrected chi connectivity index (χ0v) is 31.1. The fourth-order valence-corrected chi connectivity index (χ4v) is 7.69. The molecule has 1 N–H and O–H groups in total. The lowest BCUT2D eigenvalue weighted by Gasteiger charge is -2.43. The summed E-state index contributed by atoms with van der Waals surface area (Å²) >= 11 is 0. The Morgan fingerprint density at radius 1 is 0.907 bits per heavy atom. The monoisotopic (exact) mass is 742 g/mol. The maximum absolute atomic E-state index is 9.72. The quantitative estimate of drug-likeness (QED) is 0.134. The molecule has 1 aromatic carbocycles. The molecule has 1 saturated carbocycles. The van der Waals surface area contributed by atoms with Crippen LogP contribution in [0.1, 0.15) is 57.1 Å². The van der Waals surface area contributed by atoms with Crippen LogP contribution in [0.3, 0.4) is 0 Å². The molecule has 0 radical (unpaired) electrons. The molecule has 2 saturated heterocycles. The molecule has 3 aromatic heterocycles. The van der Waals surface area contributed by atoms with Crippen LogP contribution in [-0.2, 0) is 25.5 Å². The van der Waals surface area contributed by atoms with Crippen molar-refractivity contribution in [1.29, 1.82) is 5.26 Å². The molecule has 1 unspecified atom stereocenters. The zero-order chi connectivity index (χ0) is 37.1. The number of hydrogen-bond acceptors (Lipinski definition) is 14. The van der Waals surface area contributed by atoms with Crippen molar-refractivity contribution in [3.8, 4) is 28.8 Å². The Bertz CT molecular complexity index is 1770. The maximum Gasteiger partial charge on any atom is 0.257 e. The van der Waals surface area contributed by atoms with Gasteiger partial charge in [-0.2, -0.15) is 10.4 Å². The zero-order valence-electron chi connectivity index (χ0n) is 31.1.